The van der Waals surface area contributed by atoms with Crippen molar-refractivity contribution in [2.75, 3.05) is 41.7 Å². The normalized spacial score (nSPS) is 13.7. The maximum atomic E-state index is 14.6. The Hall–Kier alpha value is -4.78. The highest BCUT2D eigenvalue weighted by Gasteiger charge is 2.29. The smallest absolute Gasteiger partial charge is 0.262 e. The average Bonchev–Trinajstić information content (AvgIpc) is 3.03. The van der Waals surface area contributed by atoms with Crippen molar-refractivity contribution in [2.45, 2.75) is 33.7 Å². The van der Waals surface area contributed by atoms with Gasteiger partial charge in [0, 0.05) is 55.5 Å². The van der Waals surface area contributed by atoms with Gasteiger partial charge in [0.15, 0.2) is 0 Å². The predicted molar refractivity (Wildman–Crippen MR) is 161 cm³/mol. The molecule has 0 bridgehead atoms. The van der Waals surface area contributed by atoms with Gasteiger partial charge in [0.1, 0.15) is 5.56 Å². The lowest BCUT2D eigenvalue weighted by Gasteiger charge is -2.38. The molecule has 8 nitrogen and oxygen atoms in total. The molecule has 1 aromatic heterocycles. The number of ether oxygens (including phenoxy) is 1. The summed E-state index contributed by atoms with van der Waals surface area (Å²) >= 11 is 0. The standard InChI is InChI=1S/C32H31F5N6O2/c1-17(2)42-12-14-43(15-13-42)21-10-8-20(9-11-21)39-32-38-16-22(30(44)40-28-18(3)6-5-7-19(28)4)31(41-32)45-29-26(36)24(34)23(33)25(35)27(29)37/h5-11,16-17H,12-15H2,1-4H3,(H,40,44)(H,38,39,41). The second-order valence-corrected chi connectivity index (χ2v) is 10.9. The molecule has 0 aliphatic carbocycles. The topological polar surface area (TPSA) is 82.6 Å². The van der Waals surface area contributed by atoms with E-state index in [2.05, 4.69) is 44.2 Å². The molecular formula is C32H31F5N6O2. The predicted octanol–water partition coefficient (Wildman–Crippen LogP) is 7.11. The van der Waals surface area contributed by atoms with Crippen LogP contribution in [-0.2, 0) is 0 Å². The van der Waals surface area contributed by atoms with Gasteiger partial charge in [0.2, 0.25) is 46.7 Å². The summed E-state index contributed by atoms with van der Waals surface area (Å²) in [6.45, 7) is 11.5. The number of hydrogen-bond donors (Lipinski definition) is 2. The lowest BCUT2D eigenvalue weighted by atomic mass is 10.1. The fourth-order valence-electron chi connectivity index (χ4n) is 5.00. The first-order valence-corrected chi connectivity index (χ1v) is 14.2. The third-order valence-corrected chi connectivity index (χ3v) is 7.62. The molecule has 45 heavy (non-hydrogen) atoms. The van der Waals surface area contributed by atoms with Gasteiger partial charge in [-0.1, -0.05) is 18.2 Å². The maximum absolute atomic E-state index is 14.6. The van der Waals surface area contributed by atoms with Gasteiger partial charge in [-0.2, -0.15) is 13.8 Å². The SMILES string of the molecule is Cc1cccc(C)c1NC(=O)c1cnc(Nc2ccc(N3CCN(C(C)C)CC3)cc2)nc1Oc1c(F)c(F)c(F)c(F)c1F. The molecule has 1 aliphatic heterocycles. The molecule has 1 saturated heterocycles. The van der Waals surface area contributed by atoms with E-state index in [0.717, 1.165) is 49.2 Å². The van der Waals surface area contributed by atoms with Crippen LogP contribution < -0.4 is 20.3 Å². The molecule has 0 atom stereocenters. The molecule has 4 aromatic rings. The van der Waals surface area contributed by atoms with E-state index in [-0.39, 0.29) is 5.95 Å². The molecule has 3 aromatic carbocycles. The van der Waals surface area contributed by atoms with Crippen molar-refractivity contribution < 1.29 is 31.5 Å². The van der Waals surface area contributed by atoms with Crippen LogP contribution in [0.4, 0.5) is 45.0 Å². The molecule has 5 rings (SSSR count). The molecule has 1 fully saturated rings. The van der Waals surface area contributed by atoms with Crippen LogP contribution in [0.5, 0.6) is 11.6 Å². The first-order chi connectivity index (χ1) is 21.4. The number of anilines is 4. The minimum absolute atomic E-state index is 0.157. The summed E-state index contributed by atoms with van der Waals surface area (Å²) in [7, 11) is 0. The molecule has 1 amide bonds. The number of nitrogens with one attached hydrogen (secondary N) is 2. The number of benzene rings is 3. The highest BCUT2D eigenvalue weighted by atomic mass is 19.2. The first-order valence-electron chi connectivity index (χ1n) is 14.2. The number of nitrogens with zero attached hydrogens (tertiary/aromatic N) is 4. The minimum Gasteiger partial charge on any atom is -0.432 e. The summed E-state index contributed by atoms with van der Waals surface area (Å²) in [5, 5.41) is 5.60. The molecule has 2 N–H and O–H groups in total. The number of para-hydroxylation sites is 1. The fraction of sp³-hybridized carbons (Fsp3) is 0.281. The lowest BCUT2D eigenvalue weighted by Crippen LogP contribution is -2.48. The number of rotatable bonds is 8. The van der Waals surface area contributed by atoms with Crippen LogP contribution in [0.15, 0.2) is 48.7 Å². The Bertz CT molecular complexity index is 1680. The van der Waals surface area contributed by atoms with E-state index in [1.807, 2.05) is 12.1 Å². The molecule has 13 heteroatoms. The Morgan fingerprint density at radius 2 is 1.42 bits per heavy atom. The summed E-state index contributed by atoms with van der Waals surface area (Å²) in [6.07, 6.45) is 1.03. The molecule has 236 valence electrons. The van der Waals surface area contributed by atoms with E-state index in [0.29, 0.717) is 17.4 Å². The number of amides is 1. The van der Waals surface area contributed by atoms with Crippen molar-refractivity contribution in [3.63, 3.8) is 0 Å². The Kier molecular flexibility index (Phi) is 9.19. The van der Waals surface area contributed by atoms with Gasteiger partial charge < -0.3 is 20.3 Å². The number of hydrogen-bond acceptors (Lipinski definition) is 7. The van der Waals surface area contributed by atoms with Crippen LogP contribution in [-0.4, -0.2) is 53.0 Å². The Morgan fingerprint density at radius 1 is 0.844 bits per heavy atom. The van der Waals surface area contributed by atoms with Gasteiger partial charge in [-0.25, -0.2) is 18.2 Å². The van der Waals surface area contributed by atoms with E-state index in [1.165, 1.54) is 0 Å². The van der Waals surface area contributed by atoms with Crippen LogP contribution in [0.25, 0.3) is 0 Å². The van der Waals surface area contributed by atoms with Crippen molar-refractivity contribution in [2.24, 2.45) is 0 Å². The quantitative estimate of drug-likeness (QED) is 0.123. The molecule has 0 saturated carbocycles. The van der Waals surface area contributed by atoms with Gasteiger partial charge in [0.05, 0.1) is 0 Å². The summed E-state index contributed by atoms with van der Waals surface area (Å²) < 4.78 is 75.9. The minimum atomic E-state index is -2.35. The molecule has 0 unspecified atom stereocenters. The Morgan fingerprint density at radius 3 is 2.00 bits per heavy atom. The van der Waals surface area contributed by atoms with Gasteiger partial charge in [-0.05, 0) is 63.1 Å². The van der Waals surface area contributed by atoms with Crippen LogP contribution in [0.3, 0.4) is 0 Å². The molecule has 1 aliphatic rings. The van der Waals surface area contributed by atoms with Gasteiger partial charge in [-0.15, -0.1) is 0 Å². The van der Waals surface area contributed by atoms with E-state index >= 15 is 0 Å². The van der Waals surface area contributed by atoms with E-state index in [9.17, 15) is 26.7 Å². The molecule has 0 spiro atoms. The highest BCUT2D eigenvalue weighted by Crippen LogP contribution is 2.34. The van der Waals surface area contributed by atoms with Crippen LogP contribution >= 0.6 is 0 Å². The van der Waals surface area contributed by atoms with Gasteiger partial charge in [-0.3, -0.25) is 9.69 Å². The summed E-state index contributed by atoms with van der Waals surface area (Å²) in [4.78, 5) is 26.2. The summed E-state index contributed by atoms with van der Waals surface area (Å²) in [6, 6.07) is 13.2. The van der Waals surface area contributed by atoms with Crippen LogP contribution in [0, 0.1) is 42.9 Å². The Balaban J connectivity index is 1.44. The van der Waals surface area contributed by atoms with E-state index in [4.69, 9.17) is 4.74 Å². The second-order valence-electron chi connectivity index (χ2n) is 10.9. The van der Waals surface area contributed by atoms with Crippen molar-refractivity contribution >= 4 is 28.9 Å². The van der Waals surface area contributed by atoms with Crippen molar-refractivity contribution in [1.29, 1.82) is 0 Å². The van der Waals surface area contributed by atoms with Gasteiger partial charge >= 0.3 is 0 Å². The molecule has 2 heterocycles. The largest absolute Gasteiger partial charge is 0.432 e. The number of carbonyl (C=O) groups is 1. The number of halogens is 5. The monoisotopic (exact) mass is 626 g/mol. The first kappa shape index (κ1) is 31.6. The summed E-state index contributed by atoms with van der Waals surface area (Å²) in [5.41, 5.74) is 3.03. The lowest BCUT2D eigenvalue weighted by molar-refractivity contribution is 0.102. The highest BCUT2D eigenvalue weighted by molar-refractivity contribution is 6.06. The van der Waals surface area contributed by atoms with E-state index < -0.39 is 52.2 Å². The second kappa shape index (κ2) is 13.1. The molecule has 0 radical (unpaired) electrons. The van der Waals surface area contributed by atoms with E-state index in [1.54, 1.807) is 44.2 Å². The third-order valence-electron chi connectivity index (χ3n) is 7.62. The molecular weight excluding hydrogens is 595 g/mol. The fourth-order valence-corrected chi connectivity index (χ4v) is 5.00. The van der Waals surface area contributed by atoms with Crippen molar-refractivity contribution in [3.8, 4) is 11.6 Å². The van der Waals surface area contributed by atoms with Crippen LogP contribution in [0.2, 0.25) is 0 Å². The Labute approximate surface area is 256 Å². The van der Waals surface area contributed by atoms with Crippen molar-refractivity contribution in [1.82, 2.24) is 14.9 Å². The average molecular weight is 627 g/mol. The number of piperazine rings is 1. The zero-order valence-corrected chi connectivity index (χ0v) is 25.0. The van der Waals surface area contributed by atoms with Gasteiger partial charge in [0.25, 0.3) is 5.91 Å². The van der Waals surface area contributed by atoms with Crippen molar-refractivity contribution in [3.05, 3.63) is 94.4 Å². The maximum Gasteiger partial charge on any atom is 0.262 e. The zero-order valence-electron chi connectivity index (χ0n) is 25.0. The number of aryl methyl sites for hydroxylation is 2. The third kappa shape index (κ3) is 6.68. The number of aromatic nitrogens is 2. The van der Waals surface area contributed by atoms with Crippen LogP contribution in [0.1, 0.15) is 35.3 Å². The number of carbonyl (C=O) groups excluding carboxylic acids is 1. The summed E-state index contributed by atoms with van der Waals surface area (Å²) in [5.74, 6) is -14.5. The zero-order chi connectivity index (χ0) is 32.4.